The van der Waals surface area contributed by atoms with Crippen molar-refractivity contribution in [2.75, 3.05) is 45.8 Å². The van der Waals surface area contributed by atoms with Gasteiger partial charge in [0.05, 0.1) is 6.54 Å². The van der Waals surface area contributed by atoms with E-state index in [0.717, 1.165) is 26.2 Å². The van der Waals surface area contributed by atoms with Gasteiger partial charge in [-0.2, -0.15) is 0 Å². The van der Waals surface area contributed by atoms with Crippen molar-refractivity contribution in [2.24, 2.45) is 0 Å². The summed E-state index contributed by atoms with van der Waals surface area (Å²) in [4.78, 5) is 15.9. The predicted molar refractivity (Wildman–Crippen MR) is 69.6 cm³/mol. The van der Waals surface area contributed by atoms with E-state index in [4.69, 9.17) is 0 Å². The highest BCUT2D eigenvalue weighted by Crippen LogP contribution is 2.07. The molecule has 0 aromatic heterocycles. The molecule has 0 spiro atoms. The molecule has 6 heteroatoms. The smallest absolute Gasteiger partial charge is 0.236 e. The summed E-state index contributed by atoms with van der Waals surface area (Å²) in [6.45, 7) is 6.78. The highest BCUT2D eigenvalue weighted by atomic mass is 35.5. The number of nitrogens with zero attached hydrogens (tertiary/aromatic N) is 2. The number of halogens is 2. The number of hydrogen-bond acceptors (Lipinski definition) is 3. The lowest BCUT2D eigenvalue weighted by atomic mass is 10.3. The number of piperazine rings is 1. The molecule has 2 saturated heterocycles. The van der Waals surface area contributed by atoms with E-state index < -0.39 is 0 Å². The van der Waals surface area contributed by atoms with Crippen LogP contribution in [0.4, 0.5) is 0 Å². The molecule has 0 aliphatic carbocycles. The van der Waals surface area contributed by atoms with E-state index in [-0.39, 0.29) is 30.7 Å². The van der Waals surface area contributed by atoms with Gasteiger partial charge in [-0.05, 0) is 25.9 Å². The molecular weight excluding hydrogens is 249 g/mol. The zero-order valence-electron chi connectivity index (χ0n) is 9.48. The van der Waals surface area contributed by atoms with Gasteiger partial charge >= 0.3 is 0 Å². The van der Waals surface area contributed by atoms with Gasteiger partial charge in [0.25, 0.3) is 0 Å². The molecule has 0 bridgehead atoms. The minimum Gasteiger partial charge on any atom is -0.339 e. The van der Waals surface area contributed by atoms with Crippen molar-refractivity contribution in [1.29, 1.82) is 0 Å². The normalized spacial score (nSPS) is 21.5. The zero-order valence-corrected chi connectivity index (χ0v) is 11.1. The van der Waals surface area contributed by atoms with Crippen molar-refractivity contribution in [2.45, 2.75) is 12.8 Å². The second-order valence-electron chi connectivity index (χ2n) is 4.11. The van der Waals surface area contributed by atoms with Crippen LogP contribution >= 0.6 is 24.8 Å². The lowest BCUT2D eigenvalue weighted by Gasteiger charge is -2.29. The number of nitrogens with one attached hydrogen (secondary N) is 1. The van der Waals surface area contributed by atoms with Crippen LogP contribution in [0.25, 0.3) is 0 Å². The average Bonchev–Trinajstić information content (AvgIpc) is 2.69. The summed E-state index contributed by atoms with van der Waals surface area (Å²) in [7, 11) is 0. The van der Waals surface area contributed by atoms with E-state index in [1.165, 1.54) is 25.9 Å². The molecule has 2 rings (SSSR count). The minimum absolute atomic E-state index is 0. The van der Waals surface area contributed by atoms with Gasteiger partial charge in [0.2, 0.25) is 5.91 Å². The number of carbonyl (C=O) groups excluding carboxylic acids is 1. The van der Waals surface area contributed by atoms with Crippen molar-refractivity contribution >= 4 is 30.7 Å². The van der Waals surface area contributed by atoms with Gasteiger partial charge < -0.3 is 15.1 Å². The van der Waals surface area contributed by atoms with Gasteiger partial charge in [0.1, 0.15) is 0 Å². The Morgan fingerprint density at radius 3 is 2.38 bits per heavy atom. The monoisotopic (exact) mass is 269 g/mol. The summed E-state index contributed by atoms with van der Waals surface area (Å²) >= 11 is 0. The van der Waals surface area contributed by atoms with Crippen LogP contribution < -0.4 is 5.32 Å². The maximum atomic E-state index is 11.4. The second kappa shape index (κ2) is 8.12. The first-order valence-corrected chi connectivity index (χ1v) is 5.57. The summed E-state index contributed by atoms with van der Waals surface area (Å²) in [5.74, 6) is 0.260. The van der Waals surface area contributed by atoms with E-state index in [9.17, 15) is 4.79 Å². The third-order valence-electron chi connectivity index (χ3n) is 3.07. The van der Waals surface area contributed by atoms with E-state index in [0.29, 0.717) is 6.54 Å². The van der Waals surface area contributed by atoms with Gasteiger partial charge in [-0.25, -0.2) is 0 Å². The topological polar surface area (TPSA) is 35.6 Å². The van der Waals surface area contributed by atoms with Crippen LogP contribution in [0, 0.1) is 0 Å². The van der Waals surface area contributed by atoms with Crippen LogP contribution in [0.15, 0.2) is 0 Å². The maximum Gasteiger partial charge on any atom is 0.236 e. The Kier molecular flexibility index (Phi) is 8.10. The van der Waals surface area contributed by atoms with E-state index >= 15 is 0 Å². The van der Waals surface area contributed by atoms with Crippen molar-refractivity contribution in [3.05, 3.63) is 0 Å². The first-order valence-electron chi connectivity index (χ1n) is 5.57. The van der Waals surface area contributed by atoms with Gasteiger partial charge in [0.15, 0.2) is 0 Å². The summed E-state index contributed by atoms with van der Waals surface area (Å²) < 4.78 is 0. The maximum absolute atomic E-state index is 11.4. The Labute approximate surface area is 110 Å². The number of carbonyl (C=O) groups is 1. The third-order valence-corrected chi connectivity index (χ3v) is 3.07. The molecule has 96 valence electrons. The first kappa shape index (κ1) is 16.0. The van der Waals surface area contributed by atoms with Crippen LogP contribution in [0.1, 0.15) is 12.8 Å². The van der Waals surface area contributed by atoms with Gasteiger partial charge in [-0.1, -0.05) is 0 Å². The number of hydrogen-bond donors (Lipinski definition) is 1. The third kappa shape index (κ3) is 4.45. The quantitative estimate of drug-likeness (QED) is 0.804. The molecular formula is C10H21Cl2N3O. The van der Waals surface area contributed by atoms with Crippen LogP contribution in [-0.2, 0) is 4.79 Å². The Hall–Kier alpha value is -0.0300. The molecule has 2 heterocycles. The number of amides is 1. The molecule has 0 saturated carbocycles. The molecule has 2 aliphatic heterocycles. The number of rotatable bonds is 3. The van der Waals surface area contributed by atoms with Crippen molar-refractivity contribution < 1.29 is 4.79 Å². The van der Waals surface area contributed by atoms with Crippen LogP contribution in [0.5, 0.6) is 0 Å². The highest BCUT2D eigenvalue weighted by Gasteiger charge is 2.19. The molecule has 0 atom stereocenters. The largest absolute Gasteiger partial charge is 0.339 e. The molecule has 0 radical (unpaired) electrons. The highest BCUT2D eigenvalue weighted by molar-refractivity contribution is 5.85. The fraction of sp³-hybridized carbons (Fsp3) is 0.900. The van der Waals surface area contributed by atoms with E-state index in [1.807, 2.05) is 4.90 Å². The Balaban J connectivity index is 0.00000112. The predicted octanol–water partition coefficient (Wildman–Crippen LogP) is 0.358. The Bertz CT molecular complexity index is 210. The zero-order chi connectivity index (χ0) is 9.80. The SMILES string of the molecule is Cl.Cl.O=C1CNCCN1CCN1CCCC1. The Morgan fingerprint density at radius 1 is 1.06 bits per heavy atom. The summed E-state index contributed by atoms with van der Waals surface area (Å²) in [6, 6.07) is 0. The average molecular weight is 270 g/mol. The number of likely N-dealkylation sites (tertiary alicyclic amines) is 1. The minimum atomic E-state index is 0. The molecule has 0 unspecified atom stereocenters. The fourth-order valence-electron chi connectivity index (χ4n) is 2.15. The molecule has 0 aromatic carbocycles. The van der Waals surface area contributed by atoms with Crippen molar-refractivity contribution in [3.8, 4) is 0 Å². The lowest BCUT2D eigenvalue weighted by molar-refractivity contribution is -0.132. The van der Waals surface area contributed by atoms with E-state index in [1.54, 1.807) is 0 Å². The van der Waals surface area contributed by atoms with E-state index in [2.05, 4.69) is 10.2 Å². The summed E-state index contributed by atoms with van der Waals surface area (Å²) in [5, 5.41) is 3.09. The van der Waals surface area contributed by atoms with Gasteiger partial charge in [-0.3, -0.25) is 4.79 Å². The molecule has 2 fully saturated rings. The molecule has 0 aromatic rings. The fourth-order valence-corrected chi connectivity index (χ4v) is 2.15. The van der Waals surface area contributed by atoms with Crippen molar-refractivity contribution in [3.63, 3.8) is 0 Å². The molecule has 1 amide bonds. The molecule has 2 aliphatic rings. The molecule has 1 N–H and O–H groups in total. The first-order chi connectivity index (χ1) is 6.86. The van der Waals surface area contributed by atoms with Gasteiger partial charge in [-0.15, -0.1) is 24.8 Å². The molecule has 4 nitrogen and oxygen atoms in total. The van der Waals surface area contributed by atoms with Gasteiger partial charge in [0, 0.05) is 26.2 Å². The lowest BCUT2D eigenvalue weighted by Crippen LogP contribution is -2.50. The second-order valence-corrected chi connectivity index (χ2v) is 4.11. The summed E-state index contributed by atoms with van der Waals surface area (Å²) in [6.07, 6.45) is 2.66. The van der Waals surface area contributed by atoms with Crippen molar-refractivity contribution in [1.82, 2.24) is 15.1 Å². The van der Waals surface area contributed by atoms with Crippen LogP contribution in [0.3, 0.4) is 0 Å². The Morgan fingerprint density at radius 2 is 1.75 bits per heavy atom. The molecule has 16 heavy (non-hydrogen) atoms. The summed E-state index contributed by atoms with van der Waals surface area (Å²) in [5.41, 5.74) is 0. The standard InChI is InChI=1S/C10H19N3O.2ClH/c14-10-9-11-3-6-13(10)8-7-12-4-1-2-5-12;;/h11H,1-9H2;2*1H. The van der Waals surface area contributed by atoms with Crippen LogP contribution in [-0.4, -0.2) is 61.5 Å². The van der Waals surface area contributed by atoms with Crippen LogP contribution in [0.2, 0.25) is 0 Å².